The van der Waals surface area contributed by atoms with Gasteiger partial charge in [-0.25, -0.2) is 0 Å². The Morgan fingerprint density at radius 2 is 1.67 bits per heavy atom. The first-order valence-corrected chi connectivity index (χ1v) is 12.1. The molecule has 2 N–H and O–H groups in total. The van der Waals surface area contributed by atoms with Crippen LogP contribution in [0, 0.1) is 13.8 Å². The Morgan fingerprint density at radius 3 is 2.36 bits per heavy atom. The fourth-order valence-electron chi connectivity index (χ4n) is 4.17. The summed E-state index contributed by atoms with van der Waals surface area (Å²) in [5.74, 6) is -0.338. The van der Waals surface area contributed by atoms with Crippen LogP contribution in [0.25, 0.3) is 0 Å². The van der Waals surface area contributed by atoms with Gasteiger partial charge in [-0.15, -0.1) is 0 Å². The van der Waals surface area contributed by atoms with Gasteiger partial charge in [-0.3, -0.25) is 4.79 Å². The van der Waals surface area contributed by atoms with E-state index in [1.807, 2.05) is 12.1 Å². The molecule has 0 heterocycles. The molecule has 174 valence electrons. The molecule has 3 aromatic carbocycles. The molecule has 1 atom stereocenters. The predicted molar refractivity (Wildman–Crippen MR) is 137 cm³/mol. The van der Waals surface area contributed by atoms with Gasteiger partial charge in [-0.05, 0) is 91.0 Å². The molecule has 0 bridgehead atoms. The summed E-state index contributed by atoms with van der Waals surface area (Å²) in [6.07, 6.45) is 4.41. The predicted octanol–water partition coefficient (Wildman–Crippen LogP) is 6.87. The molecule has 1 unspecified atom stereocenters. The molecular formula is C29H34ClNO2. The Bertz CT molecular complexity index is 1050. The maximum absolute atomic E-state index is 10.6. The van der Waals surface area contributed by atoms with Crippen molar-refractivity contribution in [3.05, 3.63) is 105 Å². The maximum atomic E-state index is 10.6. The van der Waals surface area contributed by atoms with Crippen LogP contribution in [0.4, 0.5) is 0 Å². The van der Waals surface area contributed by atoms with E-state index in [-0.39, 0.29) is 6.42 Å². The van der Waals surface area contributed by atoms with Gasteiger partial charge in [0.05, 0.1) is 6.42 Å². The van der Waals surface area contributed by atoms with E-state index in [9.17, 15) is 4.79 Å². The van der Waals surface area contributed by atoms with Crippen LogP contribution in [0.5, 0.6) is 0 Å². The zero-order valence-corrected chi connectivity index (χ0v) is 20.4. The molecule has 0 amide bonds. The van der Waals surface area contributed by atoms with Crippen molar-refractivity contribution >= 4 is 17.6 Å². The number of benzene rings is 3. The number of hydrogen-bond acceptors (Lipinski definition) is 2. The van der Waals surface area contributed by atoms with E-state index in [0.29, 0.717) is 19.0 Å². The van der Waals surface area contributed by atoms with Crippen molar-refractivity contribution in [1.82, 2.24) is 5.32 Å². The minimum atomic E-state index is -0.772. The molecule has 3 aromatic rings. The fourth-order valence-corrected chi connectivity index (χ4v) is 4.37. The molecule has 3 nitrogen and oxygen atoms in total. The summed E-state index contributed by atoms with van der Waals surface area (Å²) in [6.45, 7) is 5.52. The summed E-state index contributed by atoms with van der Waals surface area (Å²) in [6, 6.07) is 23.7. The number of carboxylic acid groups (broad SMARTS) is 1. The second kappa shape index (κ2) is 12.6. The Labute approximate surface area is 202 Å². The summed E-state index contributed by atoms with van der Waals surface area (Å²) in [4.78, 5) is 10.6. The Hall–Kier alpha value is -2.62. The number of hydrogen-bond donors (Lipinski definition) is 2. The molecule has 0 radical (unpaired) electrons. The Morgan fingerprint density at radius 1 is 0.939 bits per heavy atom. The number of aliphatic carboxylic acids is 1. The van der Waals surface area contributed by atoms with Crippen molar-refractivity contribution in [3.63, 3.8) is 0 Å². The third-order valence-electron chi connectivity index (χ3n) is 6.26. The van der Waals surface area contributed by atoms with Gasteiger partial charge in [-0.1, -0.05) is 66.2 Å². The standard InChI is InChI=1S/C29H34ClNO2/c1-21-9-10-25(17-22(21)2)18-26(27-7-4-8-28(30)19-27)6-3-5-23-11-13-24(14-12-23)20-31-16-15-29(32)33/h4,7-14,17,19,26,31H,3,5-6,15-16,18,20H2,1-2H3,(H,32,33). The third kappa shape index (κ3) is 8.34. The zero-order chi connectivity index (χ0) is 23.6. The van der Waals surface area contributed by atoms with Crippen LogP contribution in [0.3, 0.4) is 0 Å². The Balaban J connectivity index is 1.57. The number of halogens is 1. The topological polar surface area (TPSA) is 49.3 Å². The van der Waals surface area contributed by atoms with Gasteiger partial charge in [0, 0.05) is 18.1 Å². The van der Waals surface area contributed by atoms with Crippen molar-refractivity contribution in [3.8, 4) is 0 Å². The molecule has 0 aromatic heterocycles. The van der Waals surface area contributed by atoms with Crippen LogP contribution in [-0.2, 0) is 24.2 Å². The van der Waals surface area contributed by atoms with Gasteiger partial charge in [0.1, 0.15) is 0 Å². The molecule has 0 aliphatic heterocycles. The van der Waals surface area contributed by atoms with Crippen molar-refractivity contribution in [2.24, 2.45) is 0 Å². The van der Waals surface area contributed by atoms with Crippen molar-refractivity contribution in [2.75, 3.05) is 6.54 Å². The smallest absolute Gasteiger partial charge is 0.304 e. The molecule has 0 fully saturated rings. The lowest BCUT2D eigenvalue weighted by Crippen LogP contribution is -2.17. The molecule has 4 heteroatoms. The second-order valence-corrected chi connectivity index (χ2v) is 9.34. The fraction of sp³-hybridized carbons (Fsp3) is 0.345. The molecule has 0 saturated heterocycles. The Kier molecular flexibility index (Phi) is 9.53. The highest BCUT2D eigenvalue weighted by atomic mass is 35.5. The van der Waals surface area contributed by atoms with Gasteiger partial charge in [0.15, 0.2) is 0 Å². The van der Waals surface area contributed by atoms with Crippen LogP contribution in [0.1, 0.15) is 58.6 Å². The number of rotatable bonds is 12. The average molecular weight is 464 g/mol. The van der Waals surface area contributed by atoms with Crippen LogP contribution >= 0.6 is 11.6 Å². The minimum absolute atomic E-state index is 0.147. The van der Waals surface area contributed by atoms with E-state index in [1.54, 1.807) is 0 Å². The first-order chi connectivity index (χ1) is 15.9. The van der Waals surface area contributed by atoms with E-state index in [0.717, 1.165) is 30.7 Å². The average Bonchev–Trinajstić information content (AvgIpc) is 2.79. The molecule has 33 heavy (non-hydrogen) atoms. The first-order valence-electron chi connectivity index (χ1n) is 11.7. The zero-order valence-electron chi connectivity index (χ0n) is 19.6. The summed E-state index contributed by atoms with van der Waals surface area (Å²) >= 11 is 6.31. The van der Waals surface area contributed by atoms with Gasteiger partial charge in [-0.2, -0.15) is 0 Å². The van der Waals surface area contributed by atoms with Crippen LogP contribution in [0.15, 0.2) is 66.7 Å². The number of carboxylic acids is 1. The van der Waals surface area contributed by atoms with Crippen LogP contribution in [-0.4, -0.2) is 17.6 Å². The molecule has 0 saturated carbocycles. The lowest BCUT2D eigenvalue weighted by Gasteiger charge is -2.19. The minimum Gasteiger partial charge on any atom is -0.481 e. The largest absolute Gasteiger partial charge is 0.481 e. The monoisotopic (exact) mass is 463 g/mol. The highest BCUT2D eigenvalue weighted by Gasteiger charge is 2.14. The van der Waals surface area contributed by atoms with E-state index >= 15 is 0 Å². The number of nitrogens with one attached hydrogen (secondary N) is 1. The first kappa shape index (κ1) is 25.0. The van der Waals surface area contributed by atoms with Gasteiger partial charge in [0.25, 0.3) is 0 Å². The van der Waals surface area contributed by atoms with Gasteiger partial charge in [0.2, 0.25) is 0 Å². The molecular weight excluding hydrogens is 430 g/mol. The molecule has 0 spiro atoms. The van der Waals surface area contributed by atoms with Crippen molar-refractivity contribution in [2.45, 2.75) is 58.4 Å². The molecule has 0 aliphatic rings. The quantitative estimate of drug-likeness (QED) is 0.288. The summed E-state index contributed by atoms with van der Waals surface area (Å²) < 4.78 is 0. The van der Waals surface area contributed by atoms with Crippen molar-refractivity contribution < 1.29 is 9.90 Å². The number of aryl methyl sites for hydroxylation is 3. The van der Waals surface area contributed by atoms with Gasteiger partial charge < -0.3 is 10.4 Å². The lowest BCUT2D eigenvalue weighted by atomic mass is 9.86. The summed E-state index contributed by atoms with van der Waals surface area (Å²) in [5, 5.41) is 12.7. The normalized spacial score (nSPS) is 12.0. The van der Waals surface area contributed by atoms with E-state index in [4.69, 9.17) is 16.7 Å². The molecule has 3 rings (SSSR count). The third-order valence-corrected chi connectivity index (χ3v) is 6.49. The van der Waals surface area contributed by atoms with E-state index in [2.05, 4.69) is 73.8 Å². The maximum Gasteiger partial charge on any atom is 0.304 e. The SMILES string of the molecule is Cc1ccc(CC(CCCc2ccc(CNCCC(=O)O)cc2)c2cccc(Cl)c2)cc1C. The van der Waals surface area contributed by atoms with Crippen molar-refractivity contribution in [1.29, 1.82) is 0 Å². The van der Waals surface area contributed by atoms with Crippen LogP contribution < -0.4 is 5.32 Å². The van der Waals surface area contributed by atoms with Gasteiger partial charge >= 0.3 is 5.97 Å². The molecule has 0 aliphatic carbocycles. The second-order valence-electron chi connectivity index (χ2n) is 8.90. The van der Waals surface area contributed by atoms with E-state index < -0.39 is 5.97 Å². The van der Waals surface area contributed by atoms with E-state index in [1.165, 1.54) is 33.4 Å². The summed E-state index contributed by atoms with van der Waals surface area (Å²) in [7, 11) is 0. The number of carbonyl (C=O) groups is 1. The highest BCUT2D eigenvalue weighted by molar-refractivity contribution is 6.30. The summed E-state index contributed by atoms with van der Waals surface area (Å²) in [5.41, 5.74) is 7.87. The highest BCUT2D eigenvalue weighted by Crippen LogP contribution is 2.29. The van der Waals surface area contributed by atoms with Crippen LogP contribution in [0.2, 0.25) is 5.02 Å². The lowest BCUT2D eigenvalue weighted by molar-refractivity contribution is -0.136.